The number of rotatable bonds is 6. The van der Waals surface area contributed by atoms with E-state index in [-0.39, 0.29) is 25.0 Å². The predicted octanol–water partition coefficient (Wildman–Crippen LogP) is 2.45. The SMILES string of the molecule is Cc1cccc(C)c1N1CC=C[C@]23O[C@H]4C=CCCOC(=O)[C@H]4[C@H]2C(=O)N(CCCCCO)C3C1=O. The number of nitrogens with zero attached hydrogens (tertiary/aromatic N) is 2. The number of hydrogen-bond acceptors (Lipinski definition) is 6. The summed E-state index contributed by atoms with van der Waals surface area (Å²) in [5.41, 5.74) is 1.54. The molecule has 0 aromatic heterocycles. The summed E-state index contributed by atoms with van der Waals surface area (Å²) in [7, 11) is 0. The maximum atomic E-state index is 14.4. The summed E-state index contributed by atoms with van der Waals surface area (Å²) in [4.78, 5) is 44.8. The molecule has 0 aliphatic carbocycles. The number of carbonyl (C=O) groups is 3. The average molecular weight is 495 g/mol. The number of amides is 2. The molecule has 4 heterocycles. The van der Waals surface area contributed by atoms with Crippen LogP contribution in [0.5, 0.6) is 0 Å². The van der Waals surface area contributed by atoms with Crippen LogP contribution in [0.3, 0.4) is 0 Å². The largest absolute Gasteiger partial charge is 0.465 e. The number of anilines is 1. The summed E-state index contributed by atoms with van der Waals surface area (Å²) >= 11 is 0. The van der Waals surface area contributed by atoms with Crippen LogP contribution in [-0.4, -0.2) is 71.8 Å². The Bertz CT molecular complexity index is 1090. The number of aliphatic hydroxyl groups is 1. The summed E-state index contributed by atoms with van der Waals surface area (Å²) in [5.74, 6) is -2.54. The topological polar surface area (TPSA) is 96.4 Å². The van der Waals surface area contributed by atoms with Crippen LogP contribution >= 0.6 is 0 Å². The van der Waals surface area contributed by atoms with E-state index in [1.807, 2.05) is 56.4 Å². The quantitative estimate of drug-likeness (QED) is 0.371. The molecule has 5 atom stereocenters. The molecular formula is C28H34N2O6. The summed E-state index contributed by atoms with van der Waals surface area (Å²) in [6.07, 6.45) is 9.47. The number of aliphatic hydroxyl groups excluding tert-OH is 1. The fourth-order valence-corrected chi connectivity index (χ4v) is 6.35. The van der Waals surface area contributed by atoms with E-state index in [9.17, 15) is 19.5 Å². The van der Waals surface area contributed by atoms with Gasteiger partial charge in [-0.3, -0.25) is 14.4 Å². The van der Waals surface area contributed by atoms with E-state index >= 15 is 0 Å². The lowest BCUT2D eigenvalue weighted by Gasteiger charge is -2.36. The van der Waals surface area contributed by atoms with Gasteiger partial charge in [-0.15, -0.1) is 0 Å². The highest BCUT2D eigenvalue weighted by atomic mass is 16.6. The Balaban J connectivity index is 1.59. The van der Waals surface area contributed by atoms with E-state index in [0.717, 1.165) is 23.2 Å². The van der Waals surface area contributed by atoms with Crippen molar-refractivity contribution >= 4 is 23.5 Å². The van der Waals surface area contributed by atoms with Crippen molar-refractivity contribution in [2.24, 2.45) is 11.8 Å². The first kappa shape index (κ1) is 24.7. The van der Waals surface area contributed by atoms with Gasteiger partial charge in [-0.1, -0.05) is 42.5 Å². The highest BCUT2D eigenvalue weighted by molar-refractivity contribution is 6.06. The second-order valence-corrected chi connectivity index (χ2v) is 10.1. The molecule has 1 unspecified atom stereocenters. The zero-order valence-corrected chi connectivity index (χ0v) is 20.9. The third-order valence-corrected chi connectivity index (χ3v) is 7.89. The first-order chi connectivity index (χ1) is 17.4. The van der Waals surface area contributed by atoms with Crippen molar-refractivity contribution in [3.05, 3.63) is 53.6 Å². The van der Waals surface area contributed by atoms with Crippen molar-refractivity contribution in [1.82, 2.24) is 4.90 Å². The van der Waals surface area contributed by atoms with Crippen LogP contribution in [0.2, 0.25) is 0 Å². The number of esters is 1. The zero-order chi connectivity index (χ0) is 25.4. The Kier molecular flexibility index (Phi) is 6.74. The molecule has 1 N–H and O–H groups in total. The molecule has 0 radical (unpaired) electrons. The van der Waals surface area contributed by atoms with E-state index in [0.29, 0.717) is 32.4 Å². The van der Waals surface area contributed by atoms with Crippen molar-refractivity contribution in [1.29, 1.82) is 0 Å². The third kappa shape index (κ3) is 3.87. The highest BCUT2D eigenvalue weighted by Gasteiger charge is 2.71. The summed E-state index contributed by atoms with van der Waals surface area (Å²) in [5, 5.41) is 9.20. The molecule has 192 valence electrons. The lowest BCUT2D eigenvalue weighted by Crippen LogP contribution is -2.55. The van der Waals surface area contributed by atoms with E-state index < -0.39 is 35.6 Å². The molecular weight excluding hydrogens is 460 g/mol. The number of cyclic esters (lactones) is 1. The van der Waals surface area contributed by atoms with Crippen LogP contribution < -0.4 is 4.90 Å². The standard InChI is InChI=1S/C28H34N2O6/c1-18-10-8-11-19(2)23(18)29-15-9-13-28-22(21-20(36-28)12-4-7-17-35-27(21)34)25(32)30(24(28)26(29)33)14-5-3-6-16-31/h4,8-13,20-22,24,31H,3,5-7,14-17H2,1-2H3/t20-,21+,22-,24?,28-/m0/s1. The minimum absolute atomic E-state index is 0.0803. The lowest BCUT2D eigenvalue weighted by molar-refractivity contribution is -0.154. The van der Waals surface area contributed by atoms with Crippen molar-refractivity contribution in [2.75, 3.05) is 31.2 Å². The van der Waals surface area contributed by atoms with Crippen LogP contribution in [0.25, 0.3) is 0 Å². The van der Waals surface area contributed by atoms with Crippen LogP contribution in [-0.2, 0) is 23.9 Å². The smallest absolute Gasteiger partial charge is 0.312 e. The molecule has 2 saturated heterocycles. The first-order valence-corrected chi connectivity index (χ1v) is 12.9. The predicted molar refractivity (Wildman–Crippen MR) is 133 cm³/mol. The molecule has 36 heavy (non-hydrogen) atoms. The monoisotopic (exact) mass is 494 g/mol. The molecule has 1 spiro atoms. The maximum Gasteiger partial charge on any atom is 0.312 e. The molecule has 4 aliphatic rings. The number of unbranched alkanes of at least 4 members (excludes halogenated alkanes) is 2. The van der Waals surface area contributed by atoms with Crippen LogP contribution in [0, 0.1) is 25.7 Å². The average Bonchev–Trinajstić information content (AvgIpc) is 3.21. The Morgan fingerprint density at radius 3 is 2.58 bits per heavy atom. The van der Waals surface area contributed by atoms with E-state index in [1.54, 1.807) is 9.80 Å². The van der Waals surface area contributed by atoms with E-state index in [1.165, 1.54) is 0 Å². The van der Waals surface area contributed by atoms with Crippen molar-refractivity contribution < 1.29 is 29.0 Å². The van der Waals surface area contributed by atoms with Gasteiger partial charge in [-0.2, -0.15) is 0 Å². The molecule has 1 aromatic rings. The van der Waals surface area contributed by atoms with Gasteiger partial charge in [0, 0.05) is 25.4 Å². The van der Waals surface area contributed by atoms with Gasteiger partial charge in [0.25, 0.3) is 5.91 Å². The van der Waals surface area contributed by atoms with Gasteiger partial charge in [0.15, 0.2) is 0 Å². The second-order valence-electron chi connectivity index (χ2n) is 10.1. The number of ether oxygens (including phenoxy) is 2. The van der Waals surface area contributed by atoms with Crippen LogP contribution in [0.1, 0.15) is 36.8 Å². The van der Waals surface area contributed by atoms with E-state index in [4.69, 9.17) is 9.47 Å². The summed E-state index contributed by atoms with van der Waals surface area (Å²) in [6, 6.07) is 5.02. The number of fused-ring (bicyclic) bond motifs is 2. The van der Waals surface area contributed by atoms with Crippen LogP contribution in [0.4, 0.5) is 5.69 Å². The van der Waals surface area contributed by atoms with Crippen molar-refractivity contribution in [2.45, 2.75) is 57.3 Å². The minimum Gasteiger partial charge on any atom is -0.465 e. The molecule has 0 bridgehead atoms. The number of carbonyl (C=O) groups excluding carboxylic acids is 3. The fourth-order valence-electron chi connectivity index (χ4n) is 6.35. The zero-order valence-electron chi connectivity index (χ0n) is 20.9. The van der Waals surface area contributed by atoms with E-state index in [2.05, 4.69) is 0 Å². The molecule has 0 saturated carbocycles. The maximum absolute atomic E-state index is 14.4. The Labute approximate surface area is 211 Å². The second kappa shape index (κ2) is 9.82. The van der Waals surface area contributed by atoms with Gasteiger partial charge in [0.1, 0.15) is 17.6 Å². The molecule has 4 aliphatic heterocycles. The van der Waals surface area contributed by atoms with Gasteiger partial charge >= 0.3 is 5.97 Å². The summed E-state index contributed by atoms with van der Waals surface area (Å²) < 4.78 is 12.1. The molecule has 1 aromatic carbocycles. The number of para-hydroxylation sites is 1. The number of aryl methyl sites for hydroxylation is 2. The Hall–Kier alpha value is -2.97. The Morgan fingerprint density at radius 2 is 1.83 bits per heavy atom. The number of hydrogen-bond donors (Lipinski definition) is 1. The number of likely N-dealkylation sites (tertiary alicyclic amines) is 1. The van der Waals surface area contributed by atoms with Crippen LogP contribution in [0.15, 0.2) is 42.5 Å². The van der Waals surface area contributed by atoms with Crippen molar-refractivity contribution in [3.8, 4) is 0 Å². The molecule has 2 amide bonds. The lowest BCUT2D eigenvalue weighted by atomic mass is 9.77. The van der Waals surface area contributed by atoms with Gasteiger partial charge < -0.3 is 24.4 Å². The minimum atomic E-state index is -1.25. The first-order valence-electron chi connectivity index (χ1n) is 12.9. The van der Waals surface area contributed by atoms with Crippen molar-refractivity contribution in [3.63, 3.8) is 0 Å². The molecule has 5 rings (SSSR count). The van der Waals surface area contributed by atoms with Gasteiger partial charge in [0.2, 0.25) is 5.91 Å². The fraction of sp³-hybridized carbons (Fsp3) is 0.536. The normalized spacial score (nSPS) is 31.5. The molecule has 8 heteroatoms. The molecule has 2 fully saturated rings. The van der Waals surface area contributed by atoms with Gasteiger partial charge in [-0.25, -0.2) is 0 Å². The number of benzene rings is 1. The molecule has 8 nitrogen and oxygen atoms in total. The highest BCUT2D eigenvalue weighted by Crippen LogP contribution is 2.53. The van der Waals surface area contributed by atoms with Gasteiger partial charge in [0.05, 0.1) is 18.6 Å². The Morgan fingerprint density at radius 1 is 1.06 bits per heavy atom. The summed E-state index contributed by atoms with van der Waals surface area (Å²) in [6.45, 7) is 4.99. The van der Waals surface area contributed by atoms with Gasteiger partial charge in [-0.05, 0) is 50.7 Å². The third-order valence-electron chi connectivity index (χ3n) is 7.89.